The first-order valence-electron chi connectivity index (χ1n) is 8.00. The van der Waals surface area contributed by atoms with Crippen molar-refractivity contribution in [3.8, 4) is 0 Å². The zero-order chi connectivity index (χ0) is 14.8. The number of carbonyl (C=O) groups excluding carboxylic acids is 1. The van der Waals surface area contributed by atoms with Crippen LogP contribution in [0.1, 0.15) is 46.0 Å². The van der Waals surface area contributed by atoms with Crippen LogP contribution in [-0.4, -0.2) is 17.0 Å². The summed E-state index contributed by atoms with van der Waals surface area (Å²) in [7, 11) is 0. The van der Waals surface area contributed by atoms with Crippen molar-refractivity contribution in [2.75, 3.05) is 0 Å². The predicted octanol–water partition coefficient (Wildman–Crippen LogP) is 3.64. The summed E-state index contributed by atoms with van der Waals surface area (Å²) in [6.45, 7) is 4.55. The van der Waals surface area contributed by atoms with E-state index in [9.17, 15) is 9.90 Å². The summed E-state index contributed by atoms with van der Waals surface area (Å²) in [5.41, 5.74) is 5.71. The Bertz CT molecular complexity index is 661. The molecule has 0 aliphatic heterocycles. The Kier molecular flexibility index (Phi) is 2.57. The maximum absolute atomic E-state index is 11.7. The summed E-state index contributed by atoms with van der Waals surface area (Å²) in [5, 5.41) is 10.1. The van der Waals surface area contributed by atoms with Gasteiger partial charge in [-0.15, -0.1) is 0 Å². The third kappa shape index (κ3) is 1.72. The van der Waals surface area contributed by atoms with Gasteiger partial charge in [-0.1, -0.05) is 30.2 Å². The number of ketones is 1. The normalized spacial score (nSPS) is 41.3. The van der Waals surface area contributed by atoms with Crippen molar-refractivity contribution in [1.82, 2.24) is 0 Å². The van der Waals surface area contributed by atoms with E-state index in [4.69, 9.17) is 0 Å². The second kappa shape index (κ2) is 4.07. The summed E-state index contributed by atoms with van der Waals surface area (Å²) in [6.07, 6.45) is 12.5. The van der Waals surface area contributed by atoms with Gasteiger partial charge < -0.3 is 5.11 Å². The fourth-order valence-electron chi connectivity index (χ4n) is 4.91. The predicted molar refractivity (Wildman–Crippen MR) is 82.6 cm³/mol. The van der Waals surface area contributed by atoms with Crippen LogP contribution >= 0.6 is 0 Å². The Morgan fingerprint density at radius 3 is 2.86 bits per heavy atom. The van der Waals surface area contributed by atoms with Crippen molar-refractivity contribution in [1.29, 1.82) is 0 Å². The quantitative estimate of drug-likeness (QED) is 0.736. The monoisotopic (exact) mass is 282 g/mol. The highest BCUT2D eigenvalue weighted by Crippen LogP contribution is 2.59. The lowest BCUT2D eigenvalue weighted by molar-refractivity contribution is -0.110. The van der Waals surface area contributed by atoms with Gasteiger partial charge in [-0.2, -0.15) is 0 Å². The van der Waals surface area contributed by atoms with Crippen molar-refractivity contribution in [2.45, 2.75) is 52.1 Å². The summed E-state index contributed by atoms with van der Waals surface area (Å²) in [5.74, 6) is 0.127. The lowest BCUT2D eigenvalue weighted by Crippen LogP contribution is -2.34. The van der Waals surface area contributed by atoms with Gasteiger partial charge in [0.15, 0.2) is 5.78 Å². The summed E-state index contributed by atoms with van der Waals surface area (Å²) in [4.78, 5) is 11.7. The Morgan fingerprint density at radius 1 is 1.24 bits per heavy atom. The molecule has 1 N–H and O–H groups in total. The maximum Gasteiger partial charge on any atom is 0.178 e. The molecule has 0 bridgehead atoms. The minimum atomic E-state index is -0.287. The van der Waals surface area contributed by atoms with E-state index in [0.29, 0.717) is 0 Å². The van der Waals surface area contributed by atoms with E-state index in [1.165, 1.54) is 22.3 Å². The van der Waals surface area contributed by atoms with Gasteiger partial charge >= 0.3 is 0 Å². The van der Waals surface area contributed by atoms with Crippen LogP contribution in [0.25, 0.3) is 0 Å². The van der Waals surface area contributed by atoms with Gasteiger partial charge in [0.1, 0.15) is 0 Å². The molecule has 110 valence electrons. The largest absolute Gasteiger partial charge is 0.389 e. The van der Waals surface area contributed by atoms with Gasteiger partial charge in [-0.05, 0) is 67.7 Å². The molecule has 0 aromatic heterocycles. The highest BCUT2D eigenvalue weighted by Gasteiger charge is 2.47. The first kappa shape index (κ1) is 13.3. The lowest BCUT2D eigenvalue weighted by atomic mass is 9.57. The Balaban J connectivity index is 1.87. The molecule has 0 fully saturated rings. The molecule has 0 heterocycles. The van der Waals surface area contributed by atoms with Crippen LogP contribution in [0.3, 0.4) is 0 Å². The zero-order valence-corrected chi connectivity index (χ0v) is 12.8. The first-order chi connectivity index (χ1) is 9.92. The molecule has 0 spiro atoms. The molecule has 0 saturated heterocycles. The summed E-state index contributed by atoms with van der Waals surface area (Å²) < 4.78 is 0. The third-order valence-corrected chi connectivity index (χ3v) is 6.12. The van der Waals surface area contributed by atoms with Crippen LogP contribution in [0.4, 0.5) is 0 Å². The molecule has 0 unspecified atom stereocenters. The van der Waals surface area contributed by atoms with Crippen LogP contribution in [0, 0.1) is 10.8 Å². The van der Waals surface area contributed by atoms with Gasteiger partial charge in [0, 0.05) is 5.41 Å². The average Bonchev–Trinajstić information content (AvgIpc) is 2.74. The fourth-order valence-corrected chi connectivity index (χ4v) is 4.91. The average molecular weight is 282 g/mol. The molecular formula is C19H22O2. The van der Waals surface area contributed by atoms with Gasteiger partial charge in [0.25, 0.3) is 0 Å². The SMILES string of the molecule is C[C@@]12CCC3=C(CCC4=CC(=O)C=C[C@@]43C)C1=C[C@H](O)C2. The van der Waals surface area contributed by atoms with Crippen LogP contribution in [0.15, 0.2) is 46.6 Å². The molecule has 21 heavy (non-hydrogen) atoms. The van der Waals surface area contributed by atoms with Crippen LogP contribution in [-0.2, 0) is 4.79 Å². The zero-order valence-electron chi connectivity index (χ0n) is 12.8. The lowest BCUT2D eigenvalue weighted by Gasteiger charge is -2.46. The van der Waals surface area contributed by atoms with E-state index in [0.717, 1.165) is 32.1 Å². The number of allylic oxidation sites excluding steroid dienone is 7. The second-order valence-corrected chi connectivity index (χ2v) is 7.48. The smallest absolute Gasteiger partial charge is 0.178 e. The van der Waals surface area contributed by atoms with E-state index in [-0.39, 0.29) is 22.7 Å². The van der Waals surface area contributed by atoms with Gasteiger partial charge in [-0.25, -0.2) is 0 Å². The van der Waals surface area contributed by atoms with E-state index in [1.54, 1.807) is 6.08 Å². The highest BCUT2D eigenvalue weighted by molar-refractivity contribution is 6.01. The molecule has 4 rings (SSSR count). The van der Waals surface area contributed by atoms with Crippen molar-refractivity contribution < 1.29 is 9.90 Å². The van der Waals surface area contributed by atoms with Gasteiger partial charge in [0.05, 0.1) is 6.10 Å². The molecular weight excluding hydrogens is 260 g/mol. The standard InChI is InChI=1S/C19H22O2/c1-18-7-6-16-15(17(18)10-14(21)11-18)4-3-12-9-13(20)5-8-19(12,16)2/h5,8-10,14,21H,3-4,6-7,11H2,1-2H3/t14-,18-,19-/m0/s1. The first-order valence-corrected chi connectivity index (χ1v) is 8.00. The van der Waals surface area contributed by atoms with Crippen LogP contribution < -0.4 is 0 Å². The molecule has 0 aromatic rings. The number of fused-ring (bicyclic) bond motifs is 4. The minimum Gasteiger partial charge on any atom is -0.389 e. The Morgan fingerprint density at radius 2 is 2.05 bits per heavy atom. The molecule has 0 radical (unpaired) electrons. The molecule has 0 amide bonds. The van der Waals surface area contributed by atoms with E-state index in [1.807, 2.05) is 6.08 Å². The van der Waals surface area contributed by atoms with Crippen LogP contribution in [0.2, 0.25) is 0 Å². The fraction of sp³-hybridized carbons (Fsp3) is 0.526. The highest BCUT2D eigenvalue weighted by atomic mass is 16.3. The number of aliphatic hydroxyl groups is 1. The maximum atomic E-state index is 11.7. The van der Waals surface area contributed by atoms with Gasteiger partial charge in [-0.3, -0.25) is 4.79 Å². The number of hydrogen-bond acceptors (Lipinski definition) is 2. The van der Waals surface area contributed by atoms with Crippen molar-refractivity contribution >= 4 is 5.78 Å². The molecule has 4 aliphatic rings. The van der Waals surface area contributed by atoms with Crippen molar-refractivity contribution in [2.24, 2.45) is 10.8 Å². The summed E-state index contributed by atoms with van der Waals surface area (Å²) >= 11 is 0. The third-order valence-electron chi connectivity index (χ3n) is 6.12. The van der Waals surface area contributed by atoms with E-state index < -0.39 is 0 Å². The Hall–Kier alpha value is -1.41. The van der Waals surface area contributed by atoms with E-state index in [2.05, 4.69) is 26.0 Å². The van der Waals surface area contributed by atoms with Crippen LogP contribution in [0.5, 0.6) is 0 Å². The number of carbonyl (C=O) groups is 1. The molecule has 2 heteroatoms. The molecule has 3 atom stereocenters. The summed E-state index contributed by atoms with van der Waals surface area (Å²) in [6, 6.07) is 0. The van der Waals surface area contributed by atoms with Gasteiger partial charge in [0.2, 0.25) is 0 Å². The molecule has 2 nitrogen and oxygen atoms in total. The number of hydrogen-bond donors (Lipinski definition) is 1. The minimum absolute atomic E-state index is 0.0722. The number of aliphatic hydroxyl groups excluding tert-OH is 1. The topological polar surface area (TPSA) is 37.3 Å². The molecule has 0 aromatic carbocycles. The second-order valence-electron chi connectivity index (χ2n) is 7.48. The Labute approximate surface area is 125 Å². The van der Waals surface area contributed by atoms with Crippen molar-refractivity contribution in [3.63, 3.8) is 0 Å². The number of rotatable bonds is 0. The van der Waals surface area contributed by atoms with Crippen molar-refractivity contribution in [3.05, 3.63) is 46.6 Å². The van der Waals surface area contributed by atoms with E-state index >= 15 is 0 Å². The molecule has 4 aliphatic carbocycles. The molecule has 0 saturated carbocycles.